The van der Waals surface area contributed by atoms with Gasteiger partial charge in [-0.1, -0.05) is 61.8 Å². The van der Waals surface area contributed by atoms with Crippen molar-refractivity contribution < 1.29 is 14.3 Å². The molecule has 1 saturated heterocycles. The second-order valence-corrected chi connectivity index (χ2v) is 7.42. The minimum absolute atomic E-state index is 0.198. The lowest BCUT2D eigenvalue weighted by atomic mass is 10.1. The Morgan fingerprint density at radius 2 is 2.12 bits per heavy atom. The van der Waals surface area contributed by atoms with Crippen molar-refractivity contribution >= 4 is 51.9 Å². The summed E-state index contributed by atoms with van der Waals surface area (Å²) in [6.45, 7) is 2.77. The molecule has 4 nitrogen and oxygen atoms in total. The quantitative estimate of drug-likeness (QED) is 0.396. The maximum atomic E-state index is 11.7. The summed E-state index contributed by atoms with van der Waals surface area (Å²) in [5.74, 6) is 0.893. The molecule has 1 N–H and O–H groups in total. The lowest BCUT2D eigenvalue weighted by Gasteiger charge is -2.13. The fraction of sp³-hybridized carbons (Fsp3) is 0.412. The largest absolute Gasteiger partial charge is 0.493 e. The second kappa shape index (κ2) is 9.30. The van der Waals surface area contributed by atoms with E-state index in [9.17, 15) is 4.79 Å². The summed E-state index contributed by atoms with van der Waals surface area (Å²) in [6.07, 6.45) is 6.23. The number of methoxy groups -OCH3 is 1. The van der Waals surface area contributed by atoms with Crippen molar-refractivity contribution in [1.82, 2.24) is 5.32 Å². The van der Waals surface area contributed by atoms with Crippen LogP contribution in [0.25, 0.3) is 6.08 Å². The van der Waals surface area contributed by atoms with Crippen LogP contribution in [-0.2, 0) is 4.79 Å². The Labute approximate surface area is 156 Å². The number of nitrogens with one attached hydrogen (secondary N) is 1. The molecule has 0 unspecified atom stereocenters. The van der Waals surface area contributed by atoms with Gasteiger partial charge in [0.05, 0.1) is 23.6 Å². The average molecular weight is 386 g/mol. The molecule has 0 aromatic heterocycles. The maximum Gasteiger partial charge on any atom is 0.263 e. The summed E-state index contributed by atoms with van der Waals surface area (Å²) in [4.78, 5) is 12.3. The Kier molecular flexibility index (Phi) is 7.40. The van der Waals surface area contributed by atoms with Crippen LogP contribution < -0.4 is 14.8 Å². The third kappa shape index (κ3) is 5.13. The van der Waals surface area contributed by atoms with E-state index >= 15 is 0 Å². The molecule has 0 radical (unpaired) electrons. The van der Waals surface area contributed by atoms with E-state index in [1.54, 1.807) is 25.3 Å². The van der Waals surface area contributed by atoms with E-state index in [1.165, 1.54) is 24.6 Å². The van der Waals surface area contributed by atoms with Gasteiger partial charge in [-0.2, -0.15) is 0 Å². The van der Waals surface area contributed by atoms with Gasteiger partial charge < -0.3 is 14.8 Å². The van der Waals surface area contributed by atoms with Crippen LogP contribution in [0, 0.1) is 0 Å². The number of hydrogen-bond acceptors (Lipinski definition) is 5. The molecule has 7 heteroatoms. The van der Waals surface area contributed by atoms with Crippen molar-refractivity contribution in [3.8, 4) is 11.5 Å². The van der Waals surface area contributed by atoms with Gasteiger partial charge in [0, 0.05) is 0 Å². The molecule has 0 bridgehead atoms. The summed E-state index contributed by atoms with van der Waals surface area (Å²) >= 11 is 12.5. The normalized spacial score (nSPS) is 15.7. The van der Waals surface area contributed by atoms with Crippen molar-refractivity contribution in [3.05, 3.63) is 27.6 Å². The highest BCUT2D eigenvalue weighted by Crippen LogP contribution is 2.38. The fourth-order valence-electron chi connectivity index (χ4n) is 2.24. The number of ether oxygens (including phenoxy) is 2. The average Bonchev–Trinajstić information content (AvgIpc) is 2.86. The number of unbranched alkanes of at least 4 members (excludes halogenated alkanes) is 3. The Hall–Kier alpha value is -1.24. The molecule has 0 spiro atoms. The third-order valence-electron chi connectivity index (χ3n) is 3.44. The van der Waals surface area contributed by atoms with Gasteiger partial charge in [0.15, 0.2) is 11.5 Å². The van der Waals surface area contributed by atoms with Crippen LogP contribution in [0.15, 0.2) is 17.0 Å². The van der Waals surface area contributed by atoms with Gasteiger partial charge in [0.2, 0.25) is 0 Å². The highest BCUT2D eigenvalue weighted by Gasteiger charge is 2.22. The Bertz CT molecular complexity index is 661. The number of amides is 1. The Balaban J connectivity index is 2.13. The van der Waals surface area contributed by atoms with E-state index in [0.717, 1.165) is 18.4 Å². The first-order valence-corrected chi connectivity index (χ1v) is 9.40. The van der Waals surface area contributed by atoms with Crippen LogP contribution in [0.1, 0.15) is 38.2 Å². The number of carbonyl (C=O) groups is 1. The van der Waals surface area contributed by atoms with Crippen molar-refractivity contribution in [2.75, 3.05) is 13.7 Å². The third-order valence-corrected chi connectivity index (χ3v) is 4.88. The van der Waals surface area contributed by atoms with Crippen LogP contribution in [0.2, 0.25) is 5.02 Å². The van der Waals surface area contributed by atoms with Crippen LogP contribution in [0.4, 0.5) is 0 Å². The minimum Gasteiger partial charge on any atom is -0.493 e. The van der Waals surface area contributed by atoms with Crippen LogP contribution in [0.3, 0.4) is 0 Å². The van der Waals surface area contributed by atoms with E-state index in [1.807, 2.05) is 0 Å². The van der Waals surface area contributed by atoms with Gasteiger partial charge in [-0.25, -0.2) is 0 Å². The summed E-state index contributed by atoms with van der Waals surface area (Å²) < 4.78 is 11.6. The molecule has 1 heterocycles. The van der Waals surface area contributed by atoms with Crippen LogP contribution in [0.5, 0.6) is 11.5 Å². The Morgan fingerprint density at radius 1 is 1.33 bits per heavy atom. The van der Waals surface area contributed by atoms with Crippen molar-refractivity contribution in [2.24, 2.45) is 0 Å². The number of thioether (sulfide) groups is 1. The zero-order valence-corrected chi connectivity index (χ0v) is 16.1. The smallest absolute Gasteiger partial charge is 0.263 e. The van der Waals surface area contributed by atoms with E-state index < -0.39 is 0 Å². The molecule has 0 aliphatic carbocycles. The molecule has 0 atom stereocenters. The molecular weight excluding hydrogens is 366 g/mol. The van der Waals surface area contributed by atoms with Crippen molar-refractivity contribution in [1.29, 1.82) is 0 Å². The maximum absolute atomic E-state index is 11.7. The molecule has 1 fully saturated rings. The van der Waals surface area contributed by atoms with Gasteiger partial charge in [0.1, 0.15) is 4.32 Å². The lowest BCUT2D eigenvalue weighted by Crippen LogP contribution is -2.17. The molecule has 1 amide bonds. The van der Waals surface area contributed by atoms with Gasteiger partial charge in [-0.3, -0.25) is 4.79 Å². The molecule has 1 aliphatic heterocycles. The van der Waals surface area contributed by atoms with E-state index in [2.05, 4.69) is 12.2 Å². The molecule has 1 aromatic rings. The first kappa shape index (κ1) is 19.1. The van der Waals surface area contributed by atoms with Gasteiger partial charge in [-0.05, 0) is 30.2 Å². The number of rotatable bonds is 8. The van der Waals surface area contributed by atoms with Crippen molar-refractivity contribution in [3.63, 3.8) is 0 Å². The van der Waals surface area contributed by atoms with Gasteiger partial charge >= 0.3 is 0 Å². The van der Waals surface area contributed by atoms with E-state index in [4.69, 9.17) is 33.3 Å². The minimum atomic E-state index is -0.198. The highest BCUT2D eigenvalue weighted by atomic mass is 35.5. The predicted octanol–water partition coefficient (Wildman–Crippen LogP) is 4.80. The molecule has 2 rings (SSSR count). The topological polar surface area (TPSA) is 47.6 Å². The molecule has 130 valence electrons. The molecule has 24 heavy (non-hydrogen) atoms. The first-order chi connectivity index (χ1) is 11.5. The van der Waals surface area contributed by atoms with Gasteiger partial charge in [0.25, 0.3) is 5.91 Å². The number of benzene rings is 1. The van der Waals surface area contributed by atoms with Crippen LogP contribution in [-0.4, -0.2) is 23.9 Å². The second-order valence-electron chi connectivity index (χ2n) is 5.30. The fourth-order valence-corrected chi connectivity index (χ4v) is 3.56. The van der Waals surface area contributed by atoms with Gasteiger partial charge in [-0.15, -0.1) is 0 Å². The summed E-state index contributed by atoms with van der Waals surface area (Å²) in [5, 5.41) is 3.05. The lowest BCUT2D eigenvalue weighted by molar-refractivity contribution is -0.115. The first-order valence-electron chi connectivity index (χ1n) is 7.80. The van der Waals surface area contributed by atoms with Crippen LogP contribution >= 0.6 is 35.6 Å². The standard InChI is InChI=1S/C17H20ClNO3S2/c1-3-4-5-6-7-22-15-12(18)8-11(9-13(15)21-2)10-14-16(20)19-17(23)24-14/h8-10H,3-7H2,1-2H3,(H,19,20,23). The molecule has 1 aliphatic rings. The highest BCUT2D eigenvalue weighted by molar-refractivity contribution is 8.26. The number of hydrogen-bond donors (Lipinski definition) is 1. The number of carbonyl (C=O) groups excluding carboxylic acids is 1. The molecule has 0 saturated carbocycles. The number of thiocarbonyl (C=S) groups is 1. The van der Waals surface area contributed by atoms with E-state index in [-0.39, 0.29) is 5.91 Å². The number of halogens is 1. The molecule has 1 aromatic carbocycles. The molecular formula is C17H20ClNO3S2. The summed E-state index contributed by atoms with van der Waals surface area (Å²) in [5.41, 5.74) is 0.762. The zero-order chi connectivity index (χ0) is 17.5. The van der Waals surface area contributed by atoms with Crippen molar-refractivity contribution in [2.45, 2.75) is 32.6 Å². The SMILES string of the molecule is CCCCCCOc1c(Cl)cc(C=C2SC(=S)NC2=O)cc1OC. The zero-order valence-electron chi connectivity index (χ0n) is 13.7. The Morgan fingerprint density at radius 3 is 2.75 bits per heavy atom. The van der Waals surface area contributed by atoms with E-state index in [0.29, 0.717) is 32.4 Å². The monoisotopic (exact) mass is 385 g/mol. The predicted molar refractivity (Wildman–Crippen MR) is 104 cm³/mol. The summed E-state index contributed by atoms with van der Waals surface area (Å²) in [6, 6.07) is 3.56. The summed E-state index contributed by atoms with van der Waals surface area (Å²) in [7, 11) is 1.57.